The van der Waals surface area contributed by atoms with Gasteiger partial charge in [0.05, 0.1) is 5.03 Å². The third-order valence-corrected chi connectivity index (χ3v) is 4.71. The molecule has 2 nitrogen and oxygen atoms in total. The average molecular weight is 303 g/mol. The molecule has 0 aliphatic carbocycles. The van der Waals surface area contributed by atoms with Gasteiger partial charge in [0, 0.05) is 27.7 Å². The van der Waals surface area contributed by atoms with Crippen molar-refractivity contribution in [3.05, 3.63) is 65.2 Å². The van der Waals surface area contributed by atoms with Crippen LogP contribution in [0.2, 0.25) is 5.02 Å². The Bertz CT molecular complexity index is 673. The van der Waals surface area contributed by atoms with Gasteiger partial charge >= 0.3 is 0 Å². The number of hydrogen-bond donors (Lipinski definition) is 2. The third kappa shape index (κ3) is 2.85. The summed E-state index contributed by atoms with van der Waals surface area (Å²) in [6.45, 7) is 0.585. The largest absolute Gasteiger partial charge is 0.350 e. The standard InChI is InChI=1S/C16H15ClN2S/c17-13-7-5-11(6-8-13)15(10-18)20-16-9-12-3-1-2-4-14(12)19-16/h1-9,15,19H,10,18H2. The molecule has 0 bridgehead atoms. The first-order valence-corrected chi connectivity index (χ1v) is 7.72. The Labute approximate surface area is 127 Å². The number of thioether (sulfide) groups is 1. The topological polar surface area (TPSA) is 41.8 Å². The minimum absolute atomic E-state index is 0.223. The number of hydrogen-bond acceptors (Lipinski definition) is 2. The lowest BCUT2D eigenvalue weighted by Gasteiger charge is -2.13. The second-order valence-electron chi connectivity index (χ2n) is 4.61. The summed E-state index contributed by atoms with van der Waals surface area (Å²) in [6, 6.07) is 18.3. The average Bonchev–Trinajstić information content (AvgIpc) is 2.88. The molecular weight excluding hydrogens is 288 g/mol. The summed E-state index contributed by atoms with van der Waals surface area (Å²) in [5.41, 5.74) is 8.27. The van der Waals surface area contributed by atoms with Crippen molar-refractivity contribution in [3.63, 3.8) is 0 Å². The highest BCUT2D eigenvalue weighted by atomic mass is 35.5. The Balaban J connectivity index is 1.85. The number of H-pyrrole nitrogens is 1. The van der Waals surface area contributed by atoms with Crippen LogP contribution in [0.25, 0.3) is 10.9 Å². The van der Waals surface area contributed by atoms with Gasteiger partial charge in [-0.15, -0.1) is 0 Å². The van der Waals surface area contributed by atoms with E-state index in [-0.39, 0.29) is 5.25 Å². The van der Waals surface area contributed by atoms with Crippen LogP contribution in [0.15, 0.2) is 59.6 Å². The molecule has 0 radical (unpaired) electrons. The highest BCUT2D eigenvalue weighted by Gasteiger charge is 2.13. The van der Waals surface area contributed by atoms with Crippen LogP contribution in [0.1, 0.15) is 10.8 Å². The van der Waals surface area contributed by atoms with Gasteiger partial charge in [-0.1, -0.05) is 53.7 Å². The molecule has 102 valence electrons. The molecule has 0 fully saturated rings. The summed E-state index contributed by atoms with van der Waals surface area (Å²) in [7, 11) is 0. The Kier molecular flexibility index (Phi) is 4.01. The number of para-hydroxylation sites is 1. The number of fused-ring (bicyclic) bond motifs is 1. The number of benzene rings is 2. The van der Waals surface area contributed by atoms with E-state index < -0.39 is 0 Å². The van der Waals surface area contributed by atoms with Gasteiger partial charge in [0.1, 0.15) is 0 Å². The zero-order chi connectivity index (χ0) is 13.9. The van der Waals surface area contributed by atoms with Gasteiger partial charge < -0.3 is 10.7 Å². The zero-order valence-corrected chi connectivity index (χ0v) is 12.4. The molecule has 1 unspecified atom stereocenters. The van der Waals surface area contributed by atoms with Crippen molar-refractivity contribution in [2.45, 2.75) is 10.3 Å². The SMILES string of the molecule is NCC(Sc1cc2ccccc2[nH]1)c1ccc(Cl)cc1. The Hall–Kier alpha value is -1.42. The van der Waals surface area contributed by atoms with E-state index in [0.717, 1.165) is 15.6 Å². The van der Waals surface area contributed by atoms with Crippen molar-refractivity contribution in [1.29, 1.82) is 0 Å². The molecule has 3 rings (SSSR count). The van der Waals surface area contributed by atoms with Crippen LogP contribution in [0.3, 0.4) is 0 Å². The first kappa shape index (κ1) is 13.6. The second kappa shape index (κ2) is 5.92. The summed E-state index contributed by atoms with van der Waals surface area (Å²) in [5, 5.41) is 3.33. The molecule has 4 heteroatoms. The number of rotatable bonds is 4. The molecule has 0 saturated heterocycles. The van der Waals surface area contributed by atoms with E-state index in [0.29, 0.717) is 6.54 Å². The van der Waals surface area contributed by atoms with Gasteiger partial charge in [0.15, 0.2) is 0 Å². The van der Waals surface area contributed by atoms with Crippen molar-refractivity contribution >= 4 is 34.3 Å². The van der Waals surface area contributed by atoms with E-state index in [1.807, 2.05) is 36.4 Å². The second-order valence-corrected chi connectivity index (χ2v) is 6.30. The Morgan fingerprint density at radius 1 is 1.10 bits per heavy atom. The first-order chi connectivity index (χ1) is 9.76. The van der Waals surface area contributed by atoms with Gasteiger partial charge in [0.2, 0.25) is 0 Å². The molecule has 0 saturated carbocycles. The Morgan fingerprint density at radius 3 is 2.55 bits per heavy atom. The molecule has 0 spiro atoms. The lowest BCUT2D eigenvalue weighted by atomic mass is 10.1. The maximum Gasteiger partial charge on any atom is 0.0738 e. The monoisotopic (exact) mass is 302 g/mol. The zero-order valence-electron chi connectivity index (χ0n) is 10.8. The molecule has 1 aromatic heterocycles. The minimum Gasteiger partial charge on any atom is -0.350 e. The van der Waals surface area contributed by atoms with E-state index in [1.165, 1.54) is 10.9 Å². The molecule has 1 atom stereocenters. The molecule has 0 aliphatic heterocycles. The summed E-state index contributed by atoms with van der Waals surface area (Å²) >= 11 is 7.68. The lowest BCUT2D eigenvalue weighted by Crippen LogP contribution is -2.09. The van der Waals surface area contributed by atoms with Crippen LogP contribution in [-0.4, -0.2) is 11.5 Å². The summed E-state index contributed by atoms with van der Waals surface area (Å²) in [6.07, 6.45) is 0. The van der Waals surface area contributed by atoms with Crippen molar-refractivity contribution < 1.29 is 0 Å². The fourth-order valence-electron chi connectivity index (χ4n) is 2.19. The van der Waals surface area contributed by atoms with Gasteiger partial charge in [-0.2, -0.15) is 0 Å². The van der Waals surface area contributed by atoms with Crippen LogP contribution >= 0.6 is 23.4 Å². The highest BCUT2D eigenvalue weighted by molar-refractivity contribution is 7.99. The normalized spacial score (nSPS) is 12.7. The van der Waals surface area contributed by atoms with Gasteiger partial charge in [0.25, 0.3) is 0 Å². The van der Waals surface area contributed by atoms with E-state index >= 15 is 0 Å². The van der Waals surface area contributed by atoms with Crippen molar-refractivity contribution in [2.75, 3.05) is 6.54 Å². The molecule has 0 amide bonds. The van der Waals surface area contributed by atoms with E-state index in [4.69, 9.17) is 17.3 Å². The predicted octanol–water partition coefficient (Wildman–Crippen LogP) is 4.61. The van der Waals surface area contributed by atoms with Crippen LogP contribution in [0.4, 0.5) is 0 Å². The fourth-order valence-corrected chi connectivity index (χ4v) is 3.38. The highest BCUT2D eigenvalue weighted by Crippen LogP contribution is 2.35. The lowest BCUT2D eigenvalue weighted by molar-refractivity contribution is 0.937. The van der Waals surface area contributed by atoms with Crippen molar-refractivity contribution in [2.24, 2.45) is 5.73 Å². The number of aromatic amines is 1. The number of nitrogens with two attached hydrogens (primary N) is 1. The molecule has 2 aromatic carbocycles. The number of aromatic nitrogens is 1. The van der Waals surface area contributed by atoms with E-state index in [9.17, 15) is 0 Å². The summed E-state index contributed by atoms with van der Waals surface area (Å²) < 4.78 is 0. The molecule has 0 aliphatic rings. The van der Waals surface area contributed by atoms with Crippen molar-refractivity contribution in [1.82, 2.24) is 4.98 Å². The van der Waals surface area contributed by atoms with Crippen molar-refractivity contribution in [3.8, 4) is 0 Å². The van der Waals surface area contributed by atoms with Gasteiger partial charge in [-0.25, -0.2) is 0 Å². The third-order valence-electron chi connectivity index (χ3n) is 3.23. The first-order valence-electron chi connectivity index (χ1n) is 6.46. The predicted molar refractivity (Wildman–Crippen MR) is 87.4 cm³/mol. The molecule has 1 heterocycles. The maximum atomic E-state index is 5.93. The quantitative estimate of drug-likeness (QED) is 0.691. The summed E-state index contributed by atoms with van der Waals surface area (Å²) in [5.74, 6) is 0. The fraction of sp³-hybridized carbons (Fsp3) is 0.125. The minimum atomic E-state index is 0.223. The van der Waals surface area contributed by atoms with Crippen LogP contribution in [-0.2, 0) is 0 Å². The number of nitrogens with one attached hydrogen (secondary N) is 1. The molecular formula is C16H15ClN2S. The maximum absolute atomic E-state index is 5.93. The van der Waals surface area contributed by atoms with E-state index in [1.54, 1.807) is 11.8 Å². The summed E-state index contributed by atoms with van der Waals surface area (Å²) in [4.78, 5) is 3.42. The molecule has 3 N–H and O–H groups in total. The number of halogens is 1. The van der Waals surface area contributed by atoms with Gasteiger partial charge in [-0.05, 0) is 29.8 Å². The Morgan fingerprint density at radius 2 is 1.85 bits per heavy atom. The molecule has 20 heavy (non-hydrogen) atoms. The molecule has 3 aromatic rings. The van der Waals surface area contributed by atoms with Crippen LogP contribution in [0.5, 0.6) is 0 Å². The van der Waals surface area contributed by atoms with Gasteiger partial charge in [-0.3, -0.25) is 0 Å². The van der Waals surface area contributed by atoms with Crippen LogP contribution in [0, 0.1) is 0 Å². The van der Waals surface area contributed by atoms with E-state index in [2.05, 4.69) is 23.2 Å². The van der Waals surface area contributed by atoms with Crippen LogP contribution < -0.4 is 5.73 Å². The smallest absolute Gasteiger partial charge is 0.0738 e.